The Balaban J connectivity index is 2.47. The summed E-state index contributed by atoms with van der Waals surface area (Å²) in [5.74, 6) is 0.515. The zero-order valence-corrected chi connectivity index (χ0v) is 12.2. The van der Waals surface area contributed by atoms with E-state index in [2.05, 4.69) is 31.0 Å². The summed E-state index contributed by atoms with van der Waals surface area (Å²) in [5.41, 5.74) is 0. The third-order valence-corrected chi connectivity index (χ3v) is 3.77. The molecule has 1 N–H and O–H groups in total. The summed E-state index contributed by atoms with van der Waals surface area (Å²) in [6.45, 7) is 9.88. The fourth-order valence-electron chi connectivity index (χ4n) is 2.73. The molecule has 1 rings (SSSR count). The molecule has 0 radical (unpaired) electrons. The van der Waals surface area contributed by atoms with Gasteiger partial charge in [0.2, 0.25) is 0 Å². The molecule has 1 aliphatic rings. The van der Waals surface area contributed by atoms with Crippen molar-refractivity contribution < 1.29 is 9.53 Å². The number of carbonyl (C=O) groups is 1. The van der Waals surface area contributed by atoms with Crippen molar-refractivity contribution in [3.63, 3.8) is 0 Å². The summed E-state index contributed by atoms with van der Waals surface area (Å²) in [4.78, 5) is 13.7. The van der Waals surface area contributed by atoms with Crippen molar-refractivity contribution in [3.05, 3.63) is 0 Å². The van der Waals surface area contributed by atoms with Crippen LogP contribution in [0.25, 0.3) is 0 Å². The lowest BCUT2D eigenvalue weighted by atomic mass is 9.89. The van der Waals surface area contributed by atoms with Gasteiger partial charge in [-0.05, 0) is 39.2 Å². The van der Waals surface area contributed by atoms with Gasteiger partial charge in [-0.1, -0.05) is 6.92 Å². The quantitative estimate of drug-likeness (QED) is 0.734. The van der Waals surface area contributed by atoms with E-state index in [-0.39, 0.29) is 5.97 Å². The SMILES string of the molecule is CCNC1CC(CCC(=O)OC)CN(C(C)C)C1. The Hall–Kier alpha value is -0.610. The monoisotopic (exact) mass is 256 g/mol. The maximum absolute atomic E-state index is 11.2. The molecule has 2 atom stereocenters. The third kappa shape index (κ3) is 4.94. The maximum atomic E-state index is 11.2. The van der Waals surface area contributed by atoms with Gasteiger partial charge in [0.15, 0.2) is 0 Å². The lowest BCUT2D eigenvalue weighted by Gasteiger charge is -2.40. The van der Waals surface area contributed by atoms with Gasteiger partial charge in [0.25, 0.3) is 0 Å². The summed E-state index contributed by atoms with van der Waals surface area (Å²) in [7, 11) is 1.46. The van der Waals surface area contributed by atoms with Gasteiger partial charge in [0.05, 0.1) is 7.11 Å². The fraction of sp³-hybridized carbons (Fsp3) is 0.929. The second-order valence-corrected chi connectivity index (χ2v) is 5.52. The summed E-state index contributed by atoms with van der Waals surface area (Å²) >= 11 is 0. The average molecular weight is 256 g/mol. The van der Waals surface area contributed by atoms with E-state index in [1.807, 2.05) is 0 Å². The molecule has 4 nitrogen and oxygen atoms in total. The Morgan fingerprint density at radius 3 is 2.72 bits per heavy atom. The van der Waals surface area contributed by atoms with Crippen LogP contribution in [0.2, 0.25) is 0 Å². The molecule has 18 heavy (non-hydrogen) atoms. The number of methoxy groups -OCH3 is 1. The van der Waals surface area contributed by atoms with Crippen LogP contribution in [0, 0.1) is 5.92 Å². The standard InChI is InChI=1S/C14H28N2O2/c1-5-15-13-8-12(6-7-14(17)18-4)9-16(10-13)11(2)3/h11-13,15H,5-10H2,1-4H3. The van der Waals surface area contributed by atoms with Gasteiger partial charge in [-0.15, -0.1) is 0 Å². The molecular formula is C14H28N2O2. The van der Waals surface area contributed by atoms with Crippen LogP contribution in [0.4, 0.5) is 0 Å². The van der Waals surface area contributed by atoms with Crippen LogP contribution in [0.5, 0.6) is 0 Å². The van der Waals surface area contributed by atoms with Gasteiger partial charge in [-0.25, -0.2) is 0 Å². The average Bonchev–Trinajstić information content (AvgIpc) is 2.36. The van der Waals surface area contributed by atoms with Crippen molar-refractivity contribution in [2.24, 2.45) is 5.92 Å². The van der Waals surface area contributed by atoms with Crippen molar-refractivity contribution in [1.29, 1.82) is 0 Å². The lowest BCUT2D eigenvalue weighted by molar-refractivity contribution is -0.141. The van der Waals surface area contributed by atoms with E-state index >= 15 is 0 Å². The van der Waals surface area contributed by atoms with Gasteiger partial charge in [0.1, 0.15) is 0 Å². The number of likely N-dealkylation sites (N-methyl/N-ethyl adjacent to an activating group) is 1. The first-order chi connectivity index (χ1) is 8.56. The zero-order valence-electron chi connectivity index (χ0n) is 12.2. The maximum Gasteiger partial charge on any atom is 0.305 e. The minimum absolute atomic E-state index is 0.0864. The molecule has 0 saturated carbocycles. The molecule has 0 bridgehead atoms. The predicted octanol–water partition coefficient (Wildman–Crippen LogP) is 1.65. The molecule has 0 amide bonds. The van der Waals surface area contributed by atoms with Crippen molar-refractivity contribution in [3.8, 4) is 0 Å². The molecule has 0 aromatic carbocycles. The van der Waals surface area contributed by atoms with Gasteiger partial charge in [-0.3, -0.25) is 9.69 Å². The fourth-order valence-corrected chi connectivity index (χ4v) is 2.73. The number of likely N-dealkylation sites (tertiary alicyclic amines) is 1. The number of rotatable bonds is 6. The highest BCUT2D eigenvalue weighted by atomic mass is 16.5. The highest BCUT2D eigenvalue weighted by Gasteiger charge is 2.28. The molecule has 4 heteroatoms. The Bertz CT molecular complexity index is 256. The van der Waals surface area contributed by atoms with Crippen molar-refractivity contribution in [1.82, 2.24) is 10.2 Å². The van der Waals surface area contributed by atoms with Crippen molar-refractivity contribution in [2.45, 2.75) is 52.1 Å². The third-order valence-electron chi connectivity index (χ3n) is 3.77. The molecule has 0 aliphatic carbocycles. The molecule has 1 aliphatic heterocycles. The van der Waals surface area contributed by atoms with Crippen molar-refractivity contribution >= 4 is 5.97 Å². The minimum atomic E-state index is -0.0864. The van der Waals surface area contributed by atoms with E-state index in [9.17, 15) is 4.79 Å². The van der Waals surface area contributed by atoms with Crippen LogP contribution >= 0.6 is 0 Å². The number of esters is 1. The lowest BCUT2D eigenvalue weighted by Crippen LogP contribution is -2.51. The first-order valence-electron chi connectivity index (χ1n) is 7.11. The summed E-state index contributed by atoms with van der Waals surface area (Å²) in [6, 6.07) is 1.14. The van der Waals surface area contributed by atoms with Crippen LogP contribution < -0.4 is 5.32 Å². The number of hydrogen-bond acceptors (Lipinski definition) is 4. The molecule has 2 unspecified atom stereocenters. The molecule has 1 heterocycles. The second kappa shape index (κ2) is 7.74. The normalized spacial score (nSPS) is 25.4. The van der Waals surface area contributed by atoms with Crippen LogP contribution in [0.3, 0.4) is 0 Å². The van der Waals surface area contributed by atoms with Crippen LogP contribution in [-0.2, 0) is 9.53 Å². The van der Waals surface area contributed by atoms with Crippen LogP contribution in [-0.4, -0.2) is 49.7 Å². The summed E-state index contributed by atoms with van der Waals surface area (Å²) < 4.78 is 4.72. The second-order valence-electron chi connectivity index (χ2n) is 5.52. The van der Waals surface area contributed by atoms with Crippen LogP contribution in [0.15, 0.2) is 0 Å². The number of nitrogens with one attached hydrogen (secondary N) is 1. The van der Waals surface area contributed by atoms with E-state index in [4.69, 9.17) is 4.74 Å². The highest BCUT2D eigenvalue weighted by Crippen LogP contribution is 2.23. The van der Waals surface area contributed by atoms with Crippen molar-refractivity contribution in [2.75, 3.05) is 26.7 Å². The van der Waals surface area contributed by atoms with E-state index in [0.717, 1.165) is 26.1 Å². The molecule has 0 aromatic rings. The van der Waals surface area contributed by atoms with E-state index < -0.39 is 0 Å². The number of hydrogen-bond donors (Lipinski definition) is 1. The summed E-state index contributed by atoms with van der Waals surface area (Å²) in [6.07, 6.45) is 2.66. The number of piperidine rings is 1. The predicted molar refractivity (Wildman–Crippen MR) is 73.5 cm³/mol. The first-order valence-corrected chi connectivity index (χ1v) is 7.11. The molecular weight excluding hydrogens is 228 g/mol. The van der Waals surface area contributed by atoms with Gasteiger partial charge >= 0.3 is 5.97 Å². The van der Waals surface area contributed by atoms with E-state index in [1.54, 1.807) is 0 Å². The number of nitrogens with zero attached hydrogens (tertiary/aromatic N) is 1. The van der Waals surface area contributed by atoms with Gasteiger partial charge in [0, 0.05) is 31.6 Å². The first kappa shape index (κ1) is 15.4. The van der Waals surface area contributed by atoms with Gasteiger partial charge in [-0.2, -0.15) is 0 Å². The molecule has 0 spiro atoms. The van der Waals surface area contributed by atoms with Gasteiger partial charge < -0.3 is 10.1 Å². The Labute approximate surface area is 111 Å². The van der Waals surface area contributed by atoms with E-state index in [0.29, 0.717) is 24.4 Å². The smallest absolute Gasteiger partial charge is 0.305 e. The number of carbonyl (C=O) groups excluding carboxylic acids is 1. The molecule has 0 aromatic heterocycles. The summed E-state index contributed by atoms with van der Waals surface area (Å²) in [5, 5.41) is 3.54. The Kier molecular flexibility index (Phi) is 6.65. The number of ether oxygens (including phenoxy) is 1. The van der Waals surface area contributed by atoms with Crippen LogP contribution in [0.1, 0.15) is 40.0 Å². The minimum Gasteiger partial charge on any atom is -0.469 e. The molecule has 106 valence electrons. The Morgan fingerprint density at radius 2 is 2.17 bits per heavy atom. The largest absolute Gasteiger partial charge is 0.469 e. The topological polar surface area (TPSA) is 41.6 Å². The highest BCUT2D eigenvalue weighted by molar-refractivity contribution is 5.69. The van der Waals surface area contributed by atoms with E-state index in [1.165, 1.54) is 13.5 Å². The Morgan fingerprint density at radius 1 is 1.44 bits per heavy atom. The molecule has 1 fully saturated rings. The molecule has 1 saturated heterocycles. The zero-order chi connectivity index (χ0) is 13.5.